The fourth-order valence-corrected chi connectivity index (χ4v) is 3.06. The van der Waals surface area contributed by atoms with Gasteiger partial charge in [-0.1, -0.05) is 17.7 Å². The molecule has 1 aromatic carbocycles. The molecule has 2 aromatic rings. The van der Waals surface area contributed by atoms with Crippen molar-refractivity contribution in [1.29, 1.82) is 5.26 Å². The Labute approximate surface area is 156 Å². The number of aryl methyl sites for hydroxylation is 1. The fourth-order valence-electron chi connectivity index (χ4n) is 2.84. The first-order valence-corrected chi connectivity index (χ1v) is 8.75. The molecule has 1 aromatic heterocycles. The molecular weight excluding hydrogens is 357 g/mol. The number of amides is 1. The van der Waals surface area contributed by atoms with E-state index in [-0.39, 0.29) is 36.7 Å². The molecule has 1 aliphatic rings. The van der Waals surface area contributed by atoms with Crippen LogP contribution in [0.3, 0.4) is 0 Å². The molecule has 0 radical (unpaired) electrons. The molecule has 0 spiro atoms. The second-order valence-corrected chi connectivity index (χ2v) is 6.89. The quantitative estimate of drug-likeness (QED) is 0.822. The third-order valence-corrected chi connectivity index (χ3v) is 4.94. The van der Waals surface area contributed by atoms with Crippen molar-refractivity contribution in [2.75, 3.05) is 11.9 Å². The van der Waals surface area contributed by atoms with Crippen LogP contribution in [0.5, 0.6) is 0 Å². The number of halogens is 2. The molecule has 1 fully saturated rings. The molecule has 136 valence electrons. The van der Waals surface area contributed by atoms with E-state index in [2.05, 4.69) is 5.32 Å². The Morgan fingerprint density at radius 1 is 1.46 bits per heavy atom. The van der Waals surface area contributed by atoms with Crippen molar-refractivity contribution in [3.63, 3.8) is 0 Å². The lowest BCUT2D eigenvalue weighted by Crippen LogP contribution is -2.35. The summed E-state index contributed by atoms with van der Waals surface area (Å²) < 4.78 is 19.5. The van der Waals surface area contributed by atoms with Gasteiger partial charge in [0.25, 0.3) is 0 Å². The summed E-state index contributed by atoms with van der Waals surface area (Å²) in [6, 6.07) is 6.83. The molecule has 5 nitrogen and oxygen atoms in total. The molecule has 1 amide bonds. The number of nitriles is 1. The van der Waals surface area contributed by atoms with E-state index < -0.39 is 0 Å². The smallest absolute Gasteiger partial charge is 0.240 e. The summed E-state index contributed by atoms with van der Waals surface area (Å²) in [5, 5.41) is 12.2. The van der Waals surface area contributed by atoms with Crippen LogP contribution in [0.4, 0.5) is 10.3 Å². The van der Waals surface area contributed by atoms with Crippen LogP contribution in [0.25, 0.3) is 0 Å². The Hall–Kier alpha value is -2.36. The lowest BCUT2D eigenvalue weighted by molar-refractivity contribution is -0.117. The number of benzene rings is 1. The molecule has 0 unspecified atom stereocenters. The van der Waals surface area contributed by atoms with E-state index in [1.807, 2.05) is 11.0 Å². The summed E-state index contributed by atoms with van der Waals surface area (Å²) in [5.41, 5.74) is 1.42. The standard InChI is InChI=1S/C19H19ClFN3O2/c1-11-12(2)26-19(14(11)8-22)23-18(25)10-24(13-6-7-13)9-15-16(20)4-3-5-17(15)21/h3-5,13H,6-7,9-10H2,1-2H3,(H,23,25). The van der Waals surface area contributed by atoms with Gasteiger partial charge in [0.15, 0.2) is 0 Å². The van der Waals surface area contributed by atoms with Gasteiger partial charge >= 0.3 is 0 Å². The molecule has 1 saturated carbocycles. The number of nitrogens with zero attached hydrogens (tertiary/aromatic N) is 2. The molecule has 26 heavy (non-hydrogen) atoms. The zero-order valence-corrected chi connectivity index (χ0v) is 15.4. The number of furan rings is 1. The highest BCUT2D eigenvalue weighted by Crippen LogP contribution is 2.31. The number of nitrogens with one attached hydrogen (secondary N) is 1. The Morgan fingerprint density at radius 3 is 2.81 bits per heavy atom. The van der Waals surface area contributed by atoms with Crippen molar-refractivity contribution in [2.24, 2.45) is 0 Å². The van der Waals surface area contributed by atoms with Gasteiger partial charge in [0.1, 0.15) is 23.2 Å². The van der Waals surface area contributed by atoms with Gasteiger partial charge in [0.05, 0.1) is 6.54 Å². The zero-order valence-electron chi connectivity index (χ0n) is 14.6. The Balaban J connectivity index is 1.72. The Kier molecular flexibility index (Phi) is 5.30. The molecule has 0 saturated heterocycles. The van der Waals surface area contributed by atoms with Crippen molar-refractivity contribution >= 4 is 23.4 Å². The van der Waals surface area contributed by atoms with Gasteiger partial charge in [0, 0.05) is 28.7 Å². The second kappa shape index (κ2) is 7.48. The van der Waals surface area contributed by atoms with E-state index in [9.17, 15) is 14.4 Å². The van der Waals surface area contributed by atoms with Crippen LogP contribution in [0.15, 0.2) is 22.6 Å². The lowest BCUT2D eigenvalue weighted by atomic mass is 10.2. The summed E-state index contributed by atoms with van der Waals surface area (Å²) in [5.74, 6) is 0.0587. The van der Waals surface area contributed by atoms with Crippen LogP contribution in [0, 0.1) is 31.0 Å². The van der Waals surface area contributed by atoms with Gasteiger partial charge in [-0.05, 0) is 38.8 Å². The number of rotatable bonds is 6. The van der Waals surface area contributed by atoms with Crippen LogP contribution >= 0.6 is 11.6 Å². The first-order chi connectivity index (χ1) is 12.4. The van der Waals surface area contributed by atoms with Crippen molar-refractivity contribution in [1.82, 2.24) is 4.90 Å². The second-order valence-electron chi connectivity index (χ2n) is 6.48. The van der Waals surface area contributed by atoms with E-state index in [4.69, 9.17) is 16.0 Å². The van der Waals surface area contributed by atoms with Crippen LogP contribution in [0.2, 0.25) is 5.02 Å². The number of carbonyl (C=O) groups is 1. The maximum absolute atomic E-state index is 14.1. The van der Waals surface area contributed by atoms with E-state index in [1.165, 1.54) is 6.07 Å². The highest BCUT2D eigenvalue weighted by atomic mass is 35.5. The molecule has 1 aliphatic carbocycles. The molecular formula is C19H19ClFN3O2. The minimum atomic E-state index is -0.382. The van der Waals surface area contributed by atoms with Gasteiger partial charge in [-0.3, -0.25) is 15.0 Å². The van der Waals surface area contributed by atoms with Gasteiger partial charge < -0.3 is 4.42 Å². The first kappa shape index (κ1) is 18.4. The number of hydrogen-bond acceptors (Lipinski definition) is 4. The highest BCUT2D eigenvalue weighted by Gasteiger charge is 2.31. The molecule has 0 bridgehead atoms. The van der Waals surface area contributed by atoms with Gasteiger partial charge in [-0.25, -0.2) is 4.39 Å². The summed E-state index contributed by atoms with van der Waals surface area (Å²) in [6.07, 6.45) is 1.92. The number of carbonyl (C=O) groups excluding carboxylic acids is 1. The van der Waals surface area contributed by atoms with Crippen molar-refractivity contribution < 1.29 is 13.6 Å². The lowest BCUT2D eigenvalue weighted by Gasteiger charge is -2.22. The van der Waals surface area contributed by atoms with Crippen LogP contribution in [-0.4, -0.2) is 23.4 Å². The summed E-state index contributed by atoms with van der Waals surface area (Å²) in [6.45, 7) is 3.83. The SMILES string of the molecule is Cc1oc(NC(=O)CN(Cc2c(F)cccc2Cl)C2CC2)c(C#N)c1C. The Morgan fingerprint density at radius 2 is 2.19 bits per heavy atom. The van der Waals surface area contributed by atoms with E-state index in [0.717, 1.165) is 12.8 Å². The molecule has 0 atom stereocenters. The van der Waals surface area contributed by atoms with Crippen LogP contribution in [0.1, 0.15) is 35.3 Å². The van der Waals surface area contributed by atoms with E-state index >= 15 is 0 Å². The maximum Gasteiger partial charge on any atom is 0.240 e. The van der Waals surface area contributed by atoms with Gasteiger partial charge in [-0.15, -0.1) is 0 Å². The first-order valence-electron chi connectivity index (χ1n) is 8.37. The molecule has 1 heterocycles. The Bertz CT molecular complexity index is 863. The monoisotopic (exact) mass is 375 g/mol. The number of anilines is 1. The zero-order chi connectivity index (χ0) is 18.8. The average Bonchev–Trinajstić information content (AvgIpc) is 3.38. The third-order valence-electron chi connectivity index (χ3n) is 4.58. The summed E-state index contributed by atoms with van der Waals surface area (Å²) >= 11 is 6.11. The average molecular weight is 376 g/mol. The predicted octanol–water partition coefficient (Wildman–Crippen LogP) is 4.16. The van der Waals surface area contributed by atoms with Crippen molar-refractivity contribution in [2.45, 2.75) is 39.3 Å². The molecule has 7 heteroatoms. The predicted molar refractivity (Wildman–Crippen MR) is 96.4 cm³/mol. The number of hydrogen-bond donors (Lipinski definition) is 1. The third kappa shape index (κ3) is 3.90. The van der Waals surface area contributed by atoms with Gasteiger partial charge in [0.2, 0.25) is 11.8 Å². The minimum Gasteiger partial charge on any atom is -0.444 e. The normalized spacial score (nSPS) is 13.7. The van der Waals surface area contributed by atoms with Crippen LogP contribution < -0.4 is 5.32 Å². The molecule has 0 aliphatic heterocycles. The van der Waals surface area contributed by atoms with Gasteiger partial charge in [-0.2, -0.15) is 5.26 Å². The van der Waals surface area contributed by atoms with E-state index in [0.29, 0.717) is 27.5 Å². The van der Waals surface area contributed by atoms with Crippen LogP contribution in [-0.2, 0) is 11.3 Å². The fraction of sp³-hybridized carbons (Fsp3) is 0.368. The highest BCUT2D eigenvalue weighted by molar-refractivity contribution is 6.31. The van der Waals surface area contributed by atoms with Crippen molar-refractivity contribution in [3.05, 3.63) is 51.5 Å². The maximum atomic E-state index is 14.1. The molecule has 3 rings (SSSR count). The topological polar surface area (TPSA) is 69.3 Å². The minimum absolute atomic E-state index is 0.0684. The summed E-state index contributed by atoms with van der Waals surface area (Å²) in [4.78, 5) is 14.4. The summed E-state index contributed by atoms with van der Waals surface area (Å²) in [7, 11) is 0. The largest absolute Gasteiger partial charge is 0.444 e. The van der Waals surface area contributed by atoms with E-state index in [1.54, 1.807) is 26.0 Å². The molecule has 1 N–H and O–H groups in total. The van der Waals surface area contributed by atoms with Crippen molar-refractivity contribution in [3.8, 4) is 6.07 Å².